The number of ketones is 1. The van der Waals surface area contributed by atoms with Crippen molar-refractivity contribution in [2.75, 3.05) is 6.54 Å². The third-order valence-electron chi connectivity index (χ3n) is 7.07. The minimum absolute atomic E-state index is 0.0880. The van der Waals surface area contributed by atoms with Crippen molar-refractivity contribution in [1.29, 1.82) is 0 Å². The second kappa shape index (κ2) is 8.83. The van der Waals surface area contributed by atoms with Crippen LogP contribution in [0.1, 0.15) is 40.0 Å². The van der Waals surface area contributed by atoms with E-state index in [1.165, 1.54) is 36.4 Å². The number of imide groups is 1. The van der Waals surface area contributed by atoms with E-state index in [0.29, 0.717) is 5.02 Å². The lowest BCUT2D eigenvalue weighted by atomic mass is 9.81. The molecule has 0 aromatic heterocycles. The first-order valence-electron chi connectivity index (χ1n) is 10.8. The molecule has 1 aliphatic heterocycles. The molecule has 176 valence electrons. The van der Waals surface area contributed by atoms with Gasteiger partial charge in [-0.25, -0.2) is 5.01 Å². The second-order valence-corrected chi connectivity index (χ2v) is 10.6. The second-order valence-electron chi connectivity index (χ2n) is 8.91. The first-order chi connectivity index (χ1) is 16.2. The lowest BCUT2D eigenvalue weighted by molar-refractivity contribution is -0.154. The molecule has 3 amide bonds. The number of amides is 3. The van der Waals surface area contributed by atoms with E-state index in [9.17, 15) is 19.2 Å². The van der Waals surface area contributed by atoms with Crippen LogP contribution in [0.5, 0.6) is 0 Å². The Morgan fingerprint density at radius 1 is 0.853 bits per heavy atom. The maximum Gasteiger partial charge on any atom is 0.273 e. The summed E-state index contributed by atoms with van der Waals surface area (Å²) in [5.41, 5.74) is 0.211. The van der Waals surface area contributed by atoms with Gasteiger partial charge < -0.3 is 0 Å². The van der Waals surface area contributed by atoms with Gasteiger partial charge in [-0.1, -0.05) is 46.4 Å². The summed E-state index contributed by atoms with van der Waals surface area (Å²) in [5, 5.41) is 2.61. The quantitative estimate of drug-likeness (QED) is 0.367. The van der Waals surface area contributed by atoms with Gasteiger partial charge in [-0.2, -0.15) is 5.01 Å². The molecule has 0 spiro atoms. The molecule has 4 atom stereocenters. The van der Waals surface area contributed by atoms with E-state index in [1.807, 2.05) is 0 Å². The van der Waals surface area contributed by atoms with Crippen LogP contribution in [0.15, 0.2) is 36.4 Å². The highest BCUT2D eigenvalue weighted by Gasteiger charge is 2.62. The molecule has 6 nitrogen and oxygen atoms in total. The zero-order valence-electron chi connectivity index (χ0n) is 17.6. The number of hydrazine groups is 1. The molecule has 3 fully saturated rings. The van der Waals surface area contributed by atoms with Gasteiger partial charge in [0.05, 0.1) is 26.9 Å². The van der Waals surface area contributed by atoms with Gasteiger partial charge in [0.2, 0.25) is 0 Å². The van der Waals surface area contributed by atoms with Crippen LogP contribution in [0.4, 0.5) is 0 Å². The van der Waals surface area contributed by atoms with Crippen molar-refractivity contribution in [2.45, 2.75) is 19.3 Å². The van der Waals surface area contributed by atoms with E-state index in [0.717, 1.165) is 29.3 Å². The van der Waals surface area contributed by atoms with E-state index in [4.69, 9.17) is 46.4 Å². The fourth-order valence-electron chi connectivity index (χ4n) is 5.58. The summed E-state index contributed by atoms with van der Waals surface area (Å²) in [6.07, 6.45) is 2.62. The van der Waals surface area contributed by atoms with Crippen LogP contribution in [-0.4, -0.2) is 40.1 Å². The van der Waals surface area contributed by atoms with Crippen LogP contribution in [-0.2, 0) is 9.59 Å². The molecule has 1 saturated heterocycles. The number of carbonyl (C=O) groups is 4. The van der Waals surface area contributed by atoms with E-state index >= 15 is 0 Å². The van der Waals surface area contributed by atoms with Crippen molar-refractivity contribution in [3.05, 3.63) is 67.6 Å². The SMILES string of the molecule is O=C(CN(C(=O)c1ccc(Cl)c(Cl)c1)N1C(=O)[C@@H]2[C@H]3CC[C@@H](C3)[C@@H]2C1=O)c1ccc(Cl)cc1Cl. The molecule has 5 rings (SSSR count). The van der Waals surface area contributed by atoms with E-state index in [-0.39, 0.29) is 38.0 Å². The number of halogens is 4. The van der Waals surface area contributed by atoms with Crippen molar-refractivity contribution < 1.29 is 19.2 Å². The van der Waals surface area contributed by atoms with Crippen LogP contribution < -0.4 is 0 Å². The first-order valence-corrected chi connectivity index (χ1v) is 12.3. The average Bonchev–Trinajstić information content (AvgIpc) is 3.47. The summed E-state index contributed by atoms with van der Waals surface area (Å²) in [7, 11) is 0. The molecule has 0 N–H and O–H groups in total. The normalized spacial score (nSPS) is 25.1. The molecule has 2 bridgehead atoms. The number of rotatable bonds is 5. The summed E-state index contributed by atoms with van der Waals surface area (Å²) in [5.74, 6) is -2.80. The number of nitrogens with zero attached hydrogens (tertiary/aromatic N) is 2. The molecule has 2 aromatic rings. The van der Waals surface area contributed by atoms with Gasteiger partial charge in [-0.3, -0.25) is 19.2 Å². The monoisotopic (exact) mass is 538 g/mol. The number of fused-ring (bicyclic) bond motifs is 5. The summed E-state index contributed by atoms with van der Waals surface area (Å²) in [4.78, 5) is 53.6. The van der Waals surface area contributed by atoms with E-state index in [2.05, 4.69) is 0 Å². The van der Waals surface area contributed by atoms with Crippen molar-refractivity contribution in [1.82, 2.24) is 10.0 Å². The minimum atomic E-state index is -0.717. The Kier molecular flexibility index (Phi) is 6.13. The van der Waals surface area contributed by atoms with Gasteiger partial charge in [0, 0.05) is 16.1 Å². The molecule has 3 aliphatic rings. The van der Waals surface area contributed by atoms with Crippen molar-refractivity contribution >= 4 is 69.9 Å². The minimum Gasteiger partial charge on any atom is -0.292 e. The van der Waals surface area contributed by atoms with E-state index in [1.54, 1.807) is 0 Å². The largest absolute Gasteiger partial charge is 0.292 e. The van der Waals surface area contributed by atoms with Gasteiger partial charge in [0.15, 0.2) is 5.78 Å². The lowest BCUT2D eigenvalue weighted by Crippen LogP contribution is -2.52. The Morgan fingerprint density at radius 2 is 1.50 bits per heavy atom. The Labute approximate surface area is 215 Å². The van der Waals surface area contributed by atoms with Gasteiger partial charge in [-0.05, 0) is 67.5 Å². The maximum absolute atomic E-state index is 13.6. The third kappa shape index (κ3) is 3.81. The Hall–Kier alpha value is -2.12. The average molecular weight is 540 g/mol. The zero-order valence-corrected chi connectivity index (χ0v) is 20.7. The lowest BCUT2D eigenvalue weighted by Gasteiger charge is -2.31. The molecule has 2 saturated carbocycles. The molecule has 34 heavy (non-hydrogen) atoms. The third-order valence-corrected chi connectivity index (χ3v) is 8.36. The summed E-state index contributed by atoms with van der Waals surface area (Å²) >= 11 is 24.2. The molecule has 1 heterocycles. The van der Waals surface area contributed by atoms with Gasteiger partial charge in [0.25, 0.3) is 17.7 Å². The van der Waals surface area contributed by atoms with Crippen LogP contribution in [0, 0.1) is 23.7 Å². The number of hydrogen-bond acceptors (Lipinski definition) is 4. The number of Topliss-reactive ketones (excluding diaryl/α,β-unsaturated/α-hetero) is 1. The topological polar surface area (TPSA) is 74.8 Å². The predicted molar refractivity (Wildman–Crippen MR) is 128 cm³/mol. The van der Waals surface area contributed by atoms with Crippen LogP contribution >= 0.6 is 46.4 Å². The summed E-state index contributed by atoms with van der Waals surface area (Å²) in [6.45, 7) is -0.563. The molecule has 0 radical (unpaired) electrons. The fourth-order valence-corrected chi connectivity index (χ4v) is 6.39. The molecular formula is C24H18Cl4N2O4. The molecule has 10 heteroatoms. The van der Waals surface area contributed by atoms with Crippen LogP contribution in [0.25, 0.3) is 0 Å². The number of benzene rings is 2. The highest BCUT2D eigenvalue weighted by Crippen LogP contribution is 2.56. The van der Waals surface area contributed by atoms with Crippen molar-refractivity contribution in [3.63, 3.8) is 0 Å². The molecule has 0 unspecified atom stereocenters. The maximum atomic E-state index is 13.6. The Morgan fingerprint density at radius 3 is 2.09 bits per heavy atom. The predicted octanol–water partition coefficient (Wildman–Crippen LogP) is 5.57. The van der Waals surface area contributed by atoms with Crippen LogP contribution in [0.3, 0.4) is 0 Å². The Balaban J connectivity index is 1.52. The molecule has 2 aromatic carbocycles. The molecular weight excluding hydrogens is 522 g/mol. The highest BCUT2D eigenvalue weighted by atomic mass is 35.5. The summed E-state index contributed by atoms with van der Waals surface area (Å²) in [6, 6.07) is 8.57. The molecule has 2 aliphatic carbocycles. The van der Waals surface area contributed by atoms with Gasteiger partial charge >= 0.3 is 0 Å². The number of hydrogen-bond donors (Lipinski definition) is 0. The number of carbonyl (C=O) groups excluding carboxylic acids is 4. The standard InChI is InChI=1S/C24H18Cl4N2O4/c25-14-4-5-15(17(27)9-14)19(31)10-29(22(32)13-3-6-16(26)18(28)8-13)30-23(33)20-11-1-2-12(7-11)21(20)24(30)34/h3-6,8-9,11-12,20-21H,1-2,7,10H2/t11-,12-,20-,21+/m0/s1. The first kappa shape index (κ1) is 23.6. The van der Waals surface area contributed by atoms with E-state index < -0.39 is 41.9 Å². The van der Waals surface area contributed by atoms with Crippen molar-refractivity contribution in [3.8, 4) is 0 Å². The highest BCUT2D eigenvalue weighted by molar-refractivity contribution is 6.42. The van der Waals surface area contributed by atoms with Gasteiger partial charge in [-0.15, -0.1) is 0 Å². The Bertz CT molecular complexity index is 1220. The smallest absolute Gasteiger partial charge is 0.273 e. The van der Waals surface area contributed by atoms with Gasteiger partial charge in [0.1, 0.15) is 6.54 Å². The fraction of sp³-hybridized carbons (Fsp3) is 0.333. The zero-order chi connectivity index (χ0) is 24.3. The van der Waals surface area contributed by atoms with Crippen molar-refractivity contribution in [2.24, 2.45) is 23.7 Å². The van der Waals surface area contributed by atoms with Crippen LogP contribution in [0.2, 0.25) is 20.1 Å². The summed E-state index contributed by atoms with van der Waals surface area (Å²) < 4.78 is 0.